The quantitative estimate of drug-likeness (QED) is 0.598. The van der Waals surface area contributed by atoms with Crippen LogP contribution in [0.3, 0.4) is 0 Å². The molecule has 0 saturated heterocycles. The third-order valence-electron chi connectivity index (χ3n) is 1.72. The van der Waals surface area contributed by atoms with Gasteiger partial charge in [0.15, 0.2) is 0 Å². The number of rotatable bonds is 5. The standard InChI is InChI=1S/C10H14ClNS/c1-13-6-5-12-10-4-2-3-9(7-10)8-11/h2-4,7,12H,5-6,8H2,1H3. The molecular weight excluding hydrogens is 202 g/mol. The Balaban J connectivity index is 2.46. The highest BCUT2D eigenvalue weighted by atomic mass is 35.5. The van der Waals surface area contributed by atoms with Crippen LogP contribution in [0.5, 0.6) is 0 Å². The molecule has 72 valence electrons. The molecule has 3 heteroatoms. The summed E-state index contributed by atoms with van der Waals surface area (Å²) in [5.41, 5.74) is 2.32. The topological polar surface area (TPSA) is 12.0 Å². The van der Waals surface area contributed by atoms with Gasteiger partial charge in [-0.05, 0) is 24.0 Å². The third kappa shape index (κ3) is 3.92. The van der Waals surface area contributed by atoms with Crippen LogP contribution in [0.15, 0.2) is 24.3 Å². The molecule has 0 amide bonds. The molecule has 0 bridgehead atoms. The monoisotopic (exact) mass is 215 g/mol. The van der Waals surface area contributed by atoms with Crippen LogP contribution in [0.2, 0.25) is 0 Å². The van der Waals surface area contributed by atoms with Crippen molar-refractivity contribution in [1.29, 1.82) is 0 Å². The molecule has 0 aromatic heterocycles. The second kappa shape index (κ2) is 6.17. The first kappa shape index (κ1) is 10.7. The second-order valence-corrected chi connectivity index (χ2v) is 4.01. The molecule has 0 aliphatic heterocycles. The number of hydrogen-bond acceptors (Lipinski definition) is 2. The van der Waals surface area contributed by atoms with Gasteiger partial charge in [0, 0.05) is 23.9 Å². The van der Waals surface area contributed by atoms with E-state index in [1.807, 2.05) is 23.9 Å². The van der Waals surface area contributed by atoms with Crippen molar-refractivity contribution in [2.75, 3.05) is 23.9 Å². The Morgan fingerprint density at radius 1 is 1.46 bits per heavy atom. The van der Waals surface area contributed by atoms with E-state index in [2.05, 4.69) is 23.7 Å². The summed E-state index contributed by atoms with van der Waals surface area (Å²) < 4.78 is 0. The molecule has 0 aliphatic rings. The van der Waals surface area contributed by atoms with E-state index >= 15 is 0 Å². The van der Waals surface area contributed by atoms with Crippen LogP contribution in [-0.4, -0.2) is 18.6 Å². The predicted octanol–water partition coefficient (Wildman–Crippen LogP) is 3.20. The molecule has 1 N–H and O–H groups in total. The van der Waals surface area contributed by atoms with Crippen LogP contribution in [-0.2, 0) is 5.88 Å². The van der Waals surface area contributed by atoms with Crippen LogP contribution in [0.1, 0.15) is 5.56 Å². The normalized spacial score (nSPS) is 10.0. The van der Waals surface area contributed by atoms with Gasteiger partial charge in [-0.2, -0.15) is 11.8 Å². The van der Waals surface area contributed by atoms with Crippen LogP contribution in [0.4, 0.5) is 5.69 Å². The van der Waals surface area contributed by atoms with Gasteiger partial charge in [-0.3, -0.25) is 0 Å². The molecule has 1 nitrogen and oxygen atoms in total. The Kier molecular flexibility index (Phi) is 5.09. The number of thioether (sulfide) groups is 1. The first-order chi connectivity index (χ1) is 6.36. The van der Waals surface area contributed by atoms with Gasteiger partial charge in [0.1, 0.15) is 0 Å². The summed E-state index contributed by atoms with van der Waals surface area (Å²) in [7, 11) is 0. The number of benzene rings is 1. The Bertz CT molecular complexity index is 252. The Morgan fingerprint density at radius 3 is 3.00 bits per heavy atom. The smallest absolute Gasteiger partial charge is 0.0474 e. The van der Waals surface area contributed by atoms with Gasteiger partial charge < -0.3 is 5.32 Å². The predicted molar refractivity (Wildman–Crippen MR) is 62.9 cm³/mol. The lowest BCUT2D eigenvalue weighted by Gasteiger charge is -2.05. The maximum absolute atomic E-state index is 5.73. The lowest BCUT2D eigenvalue weighted by Crippen LogP contribution is -2.03. The van der Waals surface area contributed by atoms with Gasteiger partial charge >= 0.3 is 0 Å². The minimum atomic E-state index is 0.581. The number of halogens is 1. The molecule has 0 radical (unpaired) electrons. The summed E-state index contributed by atoms with van der Waals surface area (Å²) in [5.74, 6) is 1.71. The molecule has 0 unspecified atom stereocenters. The number of anilines is 1. The number of hydrogen-bond donors (Lipinski definition) is 1. The maximum Gasteiger partial charge on any atom is 0.0474 e. The molecule has 1 aromatic rings. The van der Waals surface area contributed by atoms with E-state index in [-0.39, 0.29) is 0 Å². The van der Waals surface area contributed by atoms with Crippen molar-refractivity contribution in [3.05, 3.63) is 29.8 Å². The van der Waals surface area contributed by atoms with E-state index in [1.54, 1.807) is 0 Å². The lowest BCUT2D eigenvalue weighted by atomic mass is 10.2. The molecule has 13 heavy (non-hydrogen) atoms. The van der Waals surface area contributed by atoms with Gasteiger partial charge in [0.25, 0.3) is 0 Å². The number of nitrogens with one attached hydrogen (secondary N) is 1. The second-order valence-electron chi connectivity index (χ2n) is 2.75. The van der Waals surface area contributed by atoms with Gasteiger partial charge in [0.2, 0.25) is 0 Å². The lowest BCUT2D eigenvalue weighted by molar-refractivity contribution is 1.22. The SMILES string of the molecule is CSCCNc1cccc(CCl)c1. The zero-order valence-corrected chi connectivity index (χ0v) is 9.29. The fourth-order valence-corrected chi connectivity index (χ4v) is 1.53. The average Bonchev–Trinajstić information content (AvgIpc) is 2.19. The average molecular weight is 216 g/mol. The third-order valence-corrected chi connectivity index (χ3v) is 2.64. The first-order valence-electron chi connectivity index (χ1n) is 4.24. The van der Waals surface area contributed by atoms with Gasteiger partial charge in [0.05, 0.1) is 0 Å². The molecule has 1 rings (SSSR count). The van der Waals surface area contributed by atoms with Crippen molar-refractivity contribution in [3.8, 4) is 0 Å². The highest BCUT2D eigenvalue weighted by molar-refractivity contribution is 7.98. The van der Waals surface area contributed by atoms with E-state index < -0.39 is 0 Å². The van der Waals surface area contributed by atoms with Crippen molar-refractivity contribution >= 4 is 29.1 Å². The molecule has 1 aromatic carbocycles. The molecule has 0 aliphatic carbocycles. The molecule has 0 fully saturated rings. The highest BCUT2D eigenvalue weighted by Crippen LogP contribution is 2.12. The summed E-state index contributed by atoms with van der Waals surface area (Å²) >= 11 is 7.57. The van der Waals surface area contributed by atoms with Gasteiger partial charge in [-0.1, -0.05) is 12.1 Å². The van der Waals surface area contributed by atoms with Crippen molar-refractivity contribution in [1.82, 2.24) is 0 Å². The van der Waals surface area contributed by atoms with Gasteiger partial charge in [-0.15, -0.1) is 11.6 Å². The van der Waals surface area contributed by atoms with Crippen molar-refractivity contribution < 1.29 is 0 Å². The van der Waals surface area contributed by atoms with Crippen LogP contribution in [0, 0.1) is 0 Å². The highest BCUT2D eigenvalue weighted by Gasteiger charge is 1.93. The molecule has 0 spiro atoms. The largest absolute Gasteiger partial charge is 0.384 e. The summed E-state index contributed by atoms with van der Waals surface area (Å²) in [6, 6.07) is 8.22. The molecular formula is C10H14ClNS. The van der Waals surface area contributed by atoms with E-state index in [9.17, 15) is 0 Å². The van der Waals surface area contributed by atoms with Gasteiger partial charge in [-0.25, -0.2) is 0 Å². The van der Waals surface area contributed by atoms with E-state index in [4.69, 9.17) is 11.6 Å². The minimum absolute atomic E-state index is 0.581. The van der Waals surface area contributed by atoms with E-state index in [0.29, 0.717) is 5.88 Å². The Hall–Kier alpha value is -0.340. The molecule has 0 heterocycles. The summed E-state index contributed by atoms with van der Waals surface area (Å²) in [4.78, 5) is 0. The molecule has 0 saturated carbocycles. The number of alkyl halides is 1. The van der Waals surface area contributed by atoms with Crippen LogP contribution < -0.4 is 5.32 Å². The summed E-state index contributed by atoms with van der Waals surface area (Å²) in [5, 5.41) is 3.34. The first-order valence-corrected chi connectivity index (χ1v) is 6.17. The molecule has 0 atom stereocenters. The Labute approximate surface area is 88.9 Å². The van der Waals surface area contributed by atoms with Crippen LogP contribution >= 0.6 is 23.4 Å². The fraction of sp³-hybridized carbons (Fsp3) is 0.400. The summed E-state index contributed by atoms with van der Waals surface area (Å²) in [6.07, 6.45) is 2.11. The van der Waals surface area contributed by atoms with E-state index in [1.165, 1.54) is 0 Å². The van der Waals surface area contributed by atoms with Crippen LogP contribution in [0.25, 0.3) is 0 Å². The minimum Gasteiger partial charge on any atom is -0.384 e. The fourth-order valence-electron chi connectivity index (χ4n) is 1.06. The van der Waals surface area contributed by atoms with E-state index in [0.717, 1.165) is 23.5 Å². The maximum atomic E-state index is 5.73. The van der Waals surface area contributed by atoms with Crippen molar-refractivity contribution in [3.63, 3.8) is 0 Å². The zero-order valence-electron chi connectivity index (χ0n) is 7.72. The summed E-state index contributed by atoms with van der Waals surface area (Å²) in [6.45, 7) is 1.01. The van der Waals surface area contributed by atoms with Crippen molar-refractivity contribution in [2.45, 2.75) is 5.88 Å². The Morgan fingerprint density at radius 2 is 2.31 bits per heavy atom. The van der Waals surface area contributed by atoms with Crippen molar-refractivity contribution in [2.24, 2.45) is 0 Å². The zero-order chi connectivity index (χ0) is 9.52.